The molecule has 4 rings (SSSR count). The first kappa shape index (κ1) is 16.1. The fourth-order valence-electron chi connectivity index (χ4n) is 3.10. The molecule has 2 aromatic carbocycles. The van der Waals surface area contributed by atoms with Crippen LogP contribution in [0.15, 0.2) is 42.7 Å². The fourth-order valence-corrected chi connectivity index (χ4v) is 3.10. The standard InChI is InChI=1S/C20H18N5O/c1-12-6-7-15(13(2)8-12)10-25-20-17(19(21)22-11-23-20)18(24-25)14-4-3-5-16(26)9-14/h3-6,8-9,11,26H,10H2,1-2H3,(H2,21,22,23). The van der Waals surface area contributed by atoms with Crippen LogP contribution in [0.1, 0.15) is 16.7 Å². The van der Waals surface area contributed by atoms with Crippen molar-refractivity contribution in [2.24, 2.45) is 0 Å². The number of nitrogen functional groups attached to an aromatic ring is 1. The summed E-state index contributed by atoms with van der Waals surface area (Å²) in [5, 5.41) is 15.2. The molecule has 0 aliphatic heterocycles. The second-order valence-electron chi connectivity index (χ2n) is 6.35. The van der Waals surface area contributed by atoms with Crippen molar-refractivity contribution >= 4 is 16.9 Å². The minimum absolute atomic E-state index is 0.170. The predicted octanol–water partition coefficient (Wildman–Crippen LogP) is 3.25. The number of nitrogens with two attached hydrogens (primary N) is 1. The Morgan fingerprint density at radius 1 is 1.19 bits per heavy atom. The van der Waals surface area contributed by atoms with Crippen molar-refractivity contribution in [2.45, 2.75) is 20.4 Å². The van der Waals surface area contributed by atoms with E-state index in [0.717, 1.165) is 16.7 Å². The first-order valence-electron chi connectivity index (χ1n) is 8.27. The minimum Gasteiger partial charge on any atom is -0.508 e. The smallest absolute Gasteiger partial charge is 0.164 e. The zero-order valence-electron chi connectivity index (χ0n) is 14.6. The molecule has 4 aromatic rings. The van der Waals surface area contributed by atoms with Crippen molar-refractivity contribution in [3.63, 3.8) is 0 Å². The van der Waals surface area contributed by atoms with Crippen LogP contribution in [-0.4, -0.2) is 24.9 Å². The maximum atomic E-state index is 9.82. The number of hydrogen-bond acceptors (Lipinski definition) is 5. The van der Waals surface area contributed by atoms with Gasteiger partial charge in [-0.1, -0.05) is 29.8 Å². The number of hydrogen-bond donors (Lipinski definition) is 2. The van der Waals surface area contributed by atoms with Gasteiger partial charge in [0.1, 0.15) is 23.6 Å². The molecule has 2 aromatic heterocycles. The van der Waals surface area contributed by atoms with E-state index in [4.69, 9.17) is 10.8 Å². The topological polar surface area (TPSA) is 89.8 Å². The largest absolute Gasteiger partial charge is 0.508 e. The number of anilines is 1. The Morgan fingerprint density at radius 2 is 2.04 bits per heavy atom. The number of aromatic hydroxyl groups is 1. The van der Waals surface area contributed by atoms with E-state index >= 15 is 0 Å². The van der Waals surface area contributed by atoms with Crippen LogP contribution < -0.4 is 5.73 Å². The second-order valence-corrected chi connectivity index (χ2v) is 6.35. The Balaban J connectivity index is 1.90. The molecule has 6 nitrogen and oxygen atoms in total. The average molecular weight is 344 g/mol. The summed E-state index contributed by atoms with van der Waals surface area (Å²) in [5.41, 5.74) is 11.5. The van der Waals surface area contributed by atoms with E-state index in [2.05, 4.69) is 29.0 Å². The molecule has 0 saturated carbocycles. The lowest BCUT2D eigenvalue weighted by molar-refractivity contribution is 0.475. The van der Waals surface area contributed by atoms with E-state index in [-0.39, 0.29) is 5.75 Å². The van der Waals surface area contributed by atoms with Crippen LogP contribution >= 0.6 is 0 Å². The Bertz CT molecular complexity index is 1120. The van der Waals surface area contributed by atoms with E-state index in [1.165, 1.54) is 11.9 Å². The summed E-state index contributed by atoms with van der Waals surface area (Å²) in [7, 11) is 0. The molecule has 0 unspecified atom stereocenters. The molecule has 1 radical (unpaired) electrons. The molecule has 0 bridgehead atoms. The Labute approximate surface area is 151 Å². The molecule has 0 amide bonds. The molecule has 26 heavy (non-hydrogen) atoms. The zero-order valence-corrected chi connectivity index (χ0v) is 14.6. The van der Waals surface area contributed by atoms with Crippen molar-refractivity contribution in [1.29, 1.82) is 0 Å². The van der Waals surface area contributed by atoms with Crippen molar-refractivity contribution in [2.75, 3.05) is 5.73 Å². The maximum Gasteiger partial charge on any atom is 0.164 e. The lowest BCUT2D eigenvalue weighted by atomic mass is 10.1. The van der Waals surface area contributed by atoms with Gasteiger partial charge in [-0.25, -0.2) is 14.6 Å². The molecular weight excluding hydrogens is 326 g/mol. The highest BCUT2D eigenvalue weighted by Crippen LogP contribution is 2.32. The quantitative estimate of drug-likeness (QED) is 0.595. The molecule has 0 aliphatic carbocycles. The number of aryl methyl sites for hydroxylation is 2. The Morgan fingerprint density at radius 3 is 2.81 bits per heavy atom. The predicted molar refractivity (Wildman–Crippen MR) is 101 cm³/mol. The highest BCUT2D eigenvalue weighted by molar-refractivity contribution is 5.98. The van der Waals surface area contributed by atoms with Gasteiger partial charge in [0, 0.05) is 5.56 Å². The van der Waals surface area contributed by atoms with Crippen molar-refractivity contribution < 1.29 is 5.11 Å². The summed E-state index contributed by atoms with van der Waals surface area (Å²) < 4.78 is 1.81. The Hall–Kier alpha value is -3.41. The Kier molecular flexibility index (Phi) is 3.80. The number of rotatable bonds is 3. The summed E-state index contributed by atoms with van der Waals surface area (Å²) in [4.78, 5) is 8.50. The van der Waals surface area contributed by atoms with Gasteiger partial charge in [0.25, 0.3) is 0 Å². The van der Waals surface area contributed by atoms with Gasteiger partial charge in [0.05, 0.1) is 11.9 Å². The second kappa shape index (κ2) is 6.15. The zero-order chi connectivity index (χ0) is 18.3. The average Bonchev–Trinajstić information content (AvgIpc) is 2.97. The molecule has 0 aliphatic rings. The van der Waals surface area contributed by atoms with Crippen LogP contribution in [0.2, 0.25) is 0 Å². The number of phenols is 1. The van der Waals surface area contributed by atoms with Gasteiger partial charge in [-0.3, -0.25) is 0 Å². The number of benzene rings is 2. The van der Waals surface area contributed by atoms with Crippen LogP contribution in [-0.2, 0) is 6.54 Å². The molecule has 0 spiro atoms. The van der Waals surface area contributed by atoms with Crippen molar-refractivity contribution in [3.8, 4) is 17.0 Å². The van der Waals surface area contributed by atoms with Crippen molar-refractivity contribution in [3.05, 3.63) is 65.5 Å². The van der Waals surface area contributed by atoms with Gasteiger partial charge in [0.15, 0.2) is 5.65 Å². The molecule has 0 saturated heterocycles. The highest BCUT2D eigenvalue weighted by Gasteiger charge is 2.18. The molecule has 129 valence electrons. The first-order valence-corrected chi connectivity index (χ1v) is 8.27. The number of nitrogens with zero attached hydrogens (tertiary/aromatic N) is 4. The lowest BCUT2D eigenvalue weighted by Gasteiger charge is -2.07. The van der Waals surface area contributed by atoms with Gasteiger partial charge in [0.2, 0.25) is 0 Å². The molecular formula is C20H18N5O. The van der Waals surface area contributed by atoms with Gasteiger partial charge >= 0.3 is 0 Å². The highest BCUT2D eigenvalue weighted by atomic mass is 16.3. The fraction of sp³-hybridized carbons (Fsp3) is 0.150. The van der Waals surface area contributed by atoms with E-state index in [1.54, 1.807) is 22.9 Å². The summed E-state index contributed by atoms with van der Waals surface area (Å²) >= 11 is 0. The number of aromatic nitrogens is 4. The van der Waals surface area contributed by atoms with Crippen LogP contribution in [0.4, 0.5) is 5.82 Å². The lowest BCUT2D eigenvalue weighted by Crippen LogP contribution is -2.05. The summed E-state index contributed by atoms with van der Waals surface area (Å²) in [6, 6.07) is 14.3. The number of phenolic OH excluding ortho intramolecular Hbond substituents is 1. The number of fused-ring (bicyclic) bond motifs is 1. The van der Waals surface area contributed by atoms with Crippen LogP contribution in [0.5, 0.6) is 5.75 Å². The van der Waals surface area contributed by atoms with Crippen molar-refractivity contribution in [1.82, 2.24) is 19.7 Å². The molecule has 2 heterocycles. The third-order valence-electron chi connectivity index (χ3n) is 4.38. The minimum atomic E-state index is 0.170. The van der Waals surface area contributed by atoms with Crippen LogP contribution in [0, 0.1) is 19.9 Å². The molecule has 3 N–H and O–H groups in total. The van der Waals surface area contributed by atoms with Gasteiger partial charge in [-0.15, -0.1) is 0 Å². The van der Waals surface area contributed by atoms with E-state index in [1.807, 2.05) is 19.1 Å². The third kappa shape index (κ3) is 2.75. The maximum absolute atomic E-state index is 9.82. The summed E-state index contributed by atoms with van der Waals surface area (Å²) in [6.07, 6.45) is 1.44. The third-order valence-corrected chi connectivity index (χ3v) is 4.38. The van der Waals surface area contributed by atoms with Crippen LogP contribution in [0.25, 0.3) is 22.3 Å². The van der Waals surface area contributed by atoms with Crippen LogP contribution in [0.3, 0.4) is 0 Å². The molecule has 6 heteroatoms. The van der Waals surface area contributed by atoms with E-state index < -0.39 is 0 Å². The van der Waals surface area contributed by atoms with Gasteiger partial charge in [-0.05, 0) is 43.2 Å². The molecule has 0 fully saturated rings. The molecule has 0 atom stereocenters. The first-order chi connectivity index (χ1) is 12.5. The summed E-state index contributed by atoms with van der Waals surface area (Å²) in [6.45, 7) is 4.63. The summed E-state index contributed by atoms with van der Waals surface area (Å²) in [5.74, 6) is 0.535. The van der Waals surface area contributed by atoms with Gasteiger partial charge < -0.3 is 10.8 Å². The van der Waals surface area contributed by atoms with E-state index in [0.29, 0.717) is 29.1 Å². The SMILES string of the molecule is Cc1c[c]c(Cn2nc(-c3cccc(O)c3)c3c(N)ncnc32)c(C)c1. The normalized spacial score (nSPS) is 11.2. The van der Waals surface area contributed by atoms with E-state index in [9.17, 15) is 5.11 Å². The monoisotopic (exact) mass is 344 g/mol. The van der Waals surface area contributed by atoms with Gasteiger partial charge in [-0.2, -0.15) is 5.10 Å².